The van der Waals surface area contributed by atoms with Crippen LogP contribution in [0.1, 0.15) is 12.8 Å². The summed E-state index contributed by atoms with van der Waals surface area (Å²) in [5, 5.41) is 9.23. The van der Waals surface area contributed by atoms with Crippen LogP contribution in [0.15, 0.2) is 0 Å². The molecule has 0 saturated carbocycles. The highest BCUT2D eigenvalue weighted by Gasteiger charge is 2.22. The minimum atomic E-state index is 0.190. The van der Waals surface area contributed by atoms with Gasteiger partial charge in [-0.25, -0.2) is 0 Å². The van der Waals surface area contributed by atoms with E-state index >= 15 is 0 Å². The minimum absolute atomic E-state index is 0.190. The Morgan fingerprint density at radius 3 is 2.44 bits per heavy atom. The lowest BCUT2D eigenvalue weighted by molar-refractivity contribution is 0.208. The van der Waals surface area contributed by atoms with Gasteiger partial charge in [0.25, 0.3) is 0 Å². The third-order valence-electron chi connectivity index (χ3n) is 3.01. The number of rotatable bonds is 4. The summed E-state index contributed by atoms with van der Waals surface area (Å²) in [6, 6.07) is 0.478. The Balaban J connectivity index is 2.20. The fourth-order valence-electron chi connectivity index (χ4n) is 2.05. The van der Waals surface area contributed by atoms with Crippen LogP contribution in [0.5, 0.6) is 12.0 Å². The van der Waals surface area contributed by atoms with Crippen molar-refractivity contribution in [1.29, 1.82) is 0 Å². The smallest absolute Gasteiger partial charge is 0.324 e. The summed E-state index contributed by atoms with van der Waals surface area (Å²) >= 11 is 0. The maximum absolute atomic E-state index is 9.23. The van der Waals surface area contributed by atoms with E-state index in [1.807, 2.05) is 4.90 Å². The van der Waals surface area contributed by atoms with E-state index in [0.29, 0.717) is 5.95 Å². The van der Waals surface area contributed by atoms with Crippen LogP contribution in [0.4, 0.5) is 5.95 Å². The van der Waals surface area contributed by atoms with Crippen molar-refractivity contribution in [3.05, 3.63) is 0 Å². The van der Waals surface area contributed by atoms with Crippen molar-refractivity contribution in [3.8, 4) is 12.0 Å². The topological polar surface area (TPSA) is 80.6 Å². The second-order valence-corrected chi connectivity index (χ2v) is 4.25. The lowest BCUT2D eigenvalue weighted by atomic mass is 9.99. The fraction of sp³-hybridized carbons (Fsp3) is 0.727. The van der Waals surface area contributed by atoms with Crippen molar-refractivity contribution in [2.75, 3.05) is 38.8 Å². The van der Waals surface area contributed by atoms with Gasteiger partial charge in [0.05, 0.1) is 14.2 Å². The molecule has 0 radical (unpaired) electrons. The van der Waals surface area contributed by atoms with Gasteiger partial charge in [-0.3, -0.25) is 0 Å². The molecule has 1 atom stereocenters. The van der Waals surface area contributed by atoms with E-state index in [9.17, 15) is 5.11 Å². The van der Waals surface area contributed by atoms with Crippen LogP contribution in [-0.4, -0.2) is 54.0 Å². The molecule has 2 rings (SSSR count). The summed E-state index contributed by atoms with van der Waals surface area (Å²) < 4.78 is 10.0. The van der Waals surface area contributed by atoms with Gasteiger partial charge in [-0.2, -0.15) is 9.97 Å². The maximum atomic E-state index is 9.23. The Morgan fingerprint density at radius 2 is 1.89 bits per heavy atom. The van der Waals surface area contributed by atoms with E-state index in [4.69, 9.17) is 9.47 Å². The number of piperidine rings is 1. The first-order valence-corrected chi connectivity index (χ1v) is 5.96. The van der Waals surface area contributed by atoms with Crippen LogP contribution in [-0.2, 0) is 0 Å². The predicted molar refractivity (Wildman–Crippen MR) is 65.0 cm³/mol. The number of hydrogen-bond acceptors (Lipinski definition) is 7. The highest BCUT2D eigenvalue weighted by molar-refractivity contribution is 5.32. The van der Waals surface area contributed by atoms with E-state index in [-0.39, 0.29) is 24.5 Å². The Labute approximate surface area is 106 Å². The van der Waals surface area contributed by atoms with Gasteiger partial charge >= 0.3 is 12.0 Å². The predicted octanol–water partition coefficient (Wildman–Crippen LogP) is 0.0975. The van der Waals surface area contributed by atoms with Crippen molar-refractivity contribution in [1.82, 2.24) is 15.0 Å². The number of aromatic nitrogens is 3. The van der Waals surface area contributed by atoms with Gasteiger partial charge in [-0.15, -0.1) is 4.98 Å². The SMILES string of the molecule is COc1nc(OC)nc(N2CCCC(CO)C2)n1. The van der Waals surface area contributed by atoms with Gasteiger partial charge in [0, 0.05) is 19.7 Å². The Bertz CT molecular complexity index is 380. The molecule has 1 aromatic rings. The molecule has 0 amide bonds. The first-order valence-electron chi connectivity index (χ1n) is 5.96. The summed E-state index contributed by atoms with van der Waals surface area (Å²) in [5.74, 6) is 0.810. The van der Waals surface area contributed by atoms with Crippen LogP contribution < -0.4 is 14.4 Å². The number of ether oxygens (including phenoxy) is 2. The second kappa shape index (κ2) is 5.81. The minimum Gasteiger partial charge on any atom is -0.467 e. The Morgan fingerprint density at radius 1 is 1.22 bits per heavy atom. The first kappa shape index (κ1) is 12.8. The summed E-state index contributed by atoms with van der Waals surface area (Å²) in [5.41, 5.74) is 0. The Hall–Kier alpha value is -1.63. The van der Waals surface area contributed by atoms with E-state index < -0.39 is 0 Å². The van der Waals surface area contributed by atoms with E-state index in [1.54, 1.807) is 0 Å². The molecule has 0 bridgehead atoms. The maximum Gasteiger partial charge on any atom is 0.324 e. The highest BCUT2D eigenvalue weighted by Crippen LogP contribution is 2.22. The molecule has 0 aromatic carbocycles. The van der Waals surface area contributed by atoms with E-state index in [2.05, 4.69) is 15.0 Å². The molecular weight excluding hydrogens is 236 g/mol. The molecule has 18 heavy (non-hydrogen) atoms. The molecule has 7 nitrogen and oxygen atoms in total. The van der Waals surface area contributed by atoms with Gasteiger partial charge in [-0.1, -0.05) is 0 Å². The molecule has 1 unspecified atom stereocenters. The first-order chi connectivity index (χ1) is 8.76. The third kappa shape index (κ3) is 2.79. The normalized spacial score (nSPS) is 19.7. The summed E-state index contributed by atoms with van der Waals surface area (Å²) in [4.78, 5) is 14.4. The zero-order chi connectivity index (χ0) is 13.0. The Kier molecular flexibility index (Phi) is 4.14. The second-order valence-electron chi connectivity index (χ2n) is 4.25. The molecule has 100 valence electrons. The fourth-order valence-corrected chi connectivity index (χ4v) is 2.05. The van der Waals surface area contributed by atoms with Crippen LogP contribution in [0, 0.1) is 5.92 Å². The van der Waals surface area contributed by atoms with E-state index in [1.165, 1.54) is 14.2 Å². The molecule has 7 heteroatoms. The van der Waals surface area contributed by atoms with Crippen LogP contribution in [0.25, 0.3) is 0 Å². The molecule has 1 fully saturated rings. The number of aliphatic hydroxyl groups excluding tert-OH is 1. The molecule has 1 aliphatic heterocycles. The van der Waals surface area contributed by atoms with Crippen LogP contribution >= 0.6 is 0 Å². The van der Waals surface area contributed by atoms with E-state index in [0.717, 1.165) is 25.9 Å². The van der Waals surface area contributed by atoms with Crippen molar-refractivity contribution in [3.63, 3.8) is 0 Å². The standard InChI is InChI=1S/C11H18N4O3/c1-17-10-12-9(13-11(14-10)18-2)15-5-3-4-8(6-15)7-16/h8,16H,3-7H2,1-2H3. The van der Waals surface area contributed by atoms with Crippen molar-refractivity contribution in [2.45, 2.75) is 12.8 Å². The van der Waals surface area contributed by atoms with Gasteiger partial charge in [0.1, 0.15) is 0 Å². The van der Waals surface area contributed by atoms with Gasteiger partial charge in [0.15, 0.2) is 0 Å². The number of methoxy groups -OCH3 is 2. The molecular formula is C11H18N4O3. The zero-order valence-electron chi connectivity index (χ0n) is 10.7. The van der Waals surface area contributed by atoms with Crippen molar-refractivity contribution in [2.24, 2.45) is 5.92 Å². The highest BCUT2D eigenvalue weighted by atomic mass is 16.5. The lowest BCUT2D eigenvalue weighted by Gasteiger charge is -2.31. The molecule has 1 aliphatic rings. The molecule has 1 aromatic heterocycles. The molecule has 0 spiro atoms. The summed E-state index contributed by atoms with van der Waals surface area (Å²) in [7, 11) is 3.01. The molecule has 1 N–H and O–H groups in total. The average molecular weight is 254 g/mol. The van der Waals surface area contributed by atoms with Gasteiger partial charge in [-0.05, 0) is 18.8 Å². The third-order valence-corrected chi connectivity index (χ3v) is 3.01. The number of nitrogens with zero attached hydrogens (tertiary/aromatic N) is 4. The summed E-state index contributed by atoms with van der Waals surface area (Å²) in [6.07, 6.45) is 2.05. The zero-order valence-corrected chi connectivity index (χ0v) is 10.7. The number of aliphatic hydroxyl groups is 1. The molecule has 1 saturated heterocycles. The lowest BCUT2D eigenvalue weighted by Crippen LogP contribution is -2.38. The van der Waals surface area contributed by atoms with Gasteiger partial charge in [0.2, 0.25) is 5.95 Å². The molecule has 0 aliphatic carbocycles. The quantitative estimate of drug-likeness (QED) is 0.816. The van der Waals surface area contributed by atoms with Crippen molar-refractivity contribution < 1.29 is 14.6 Å². The average Bonchev–Trinajstić information content (AvgIpc) is 2.46. The largest absolute Gasteiger partial charge is 0.467 e. The number of anilines is 1. The number of hydrogen-bond donors (Lipinski definition) is 1. The summed E-state index contributed by atoms with van der Waals surface area (Å²) in [6.45, 7) is 1.80. The molecule has 2 heterocycles. The van der Waals surface area contributed by atoms with Crippen LogP contribution in [0.3, 0.4) is 0 Å². The van der Waals surface area contributed by atoms with Crippen LogP contribution in [0.2, 0.25) is 0 Å². The van der Waals surface area contributed by atoms with Crippen molar-refractivity contribution >= 4 is 5.95 Å². The van der Waals surface area contributed by atoms with Gasteiger partial charge < -0.3 is 19.5 Å². The monoisotopic (exact) mass is 254 g/mol.